The minimum Gasteiger partial charge on any atom is -0.322 e. The second kappa shape index (κ2) is 9.25. The van der Waals surface area contributed by atoms with E-state index in [1.54, 1.807) is 0 Å². The fraction of sp³-hybridized carbons (Fsp3) is 0.190. The second-order valence-electron chi connectivity index (χ2n) is 6.70. The summed E-state index contributed by atoms with van der Waals surface area (Å²) in [4.78, 5) is 35.5. The summed E-state index contributed by atoms with van der Waals surface area (Å²) in [5.74, 6) is -2.02. The summed E-state index contributed by atoms with van der Waals surface area (Å²) in [7, 11) is 0. The molecule has 2 amide bonds. The highest BCUT2D eigenvalue weighted by atomic mass is 19.4. The first-order valence-corrected chi connectivity index (χ1v) is 8.88. The molecule has 0 aliphatic carbocycles. The first-order chi connectivity index (χ1) is 14.7. The molecule has 0 aliphatic rings. The number of nitrogens with one attached hydrogen (secondary N) is 2. The summed E-state index contributed by atoms with van der Waals surface area (Å²) in [6, 6.07) is 6.47. The van der Waals surface area contributed by atoms with Gasteiger partial charge in [-0.15, -0.1) is 0 Å². The van der Waals surface area contributed by atoms with Crippen molar-refractivity contribution in [2.75, 3.05) is 10.6 Å². The number of Topliss-reactive ketones (excluding diaryl/α,β-unsaturated/α-hetero) is 1. The number of carbonyl (C=O) groups is 3. The Morgan fingerprint density at radius 3 is 1.69 bits per heavy atom. The van der Waals surface area contributed by atoms with Gasteiger partial charge in [0.1, 0.15) is 0 Å². The van der Waals surface area contributed by atoms with Gasteiger partial charge in [0.05, 0.1) is 11.1 Å². The van der Waals surface area contributed by atoms with E-state index in [1.807, 2.05) is 5.32 Å². The Morgan fingerprint density at radius 2 is 1.25 bits per heavy atom. The van der Waals surface area contributed by atoms with Crippen molar-refractivity contribution in [3.8, 4) is 0 Å². The second-order valence-corrected chi connectivity index (χ2v) is 6.70. The number of hydrogen-bond donors (Lipinski definition) is 2. The zero-order valence-electron chi connectivity index (χ0n) is 16.6. The first kappa shape index (κ1) is 24.6. The van der Waals surface area contributed by atoms with Crippen LogP contribution in [-0.4, -0.2) is 17.6 Å². The lowest BCUT2D eigenvalue weighted by Crippen LogP contribution is -2.17. The number of halogens is 6. The van der Waals surface area contributed by atoms with Crippen LogP contribution in [0.1, 0.15) is 35.3 Å². The molecule has 0 aromatic heterocycles. The Morgan fingerprint density at radius 1 is 0.750 bits per heavy atom. The molecule has 0 aliphatic heterocycles. The monoisotopic (exact) mass is 458 g/mol. The average molecular weight is 458 g/mol. The van der Waals surface area contributed by atoms with Gasteiger partial charge in [0.15, 0.2) is 5.78 Å². The third-order valence-electron chi connectivity index (χ3n) is 4.11. The van der Waals surface area contributed by atoms with Gasteiger partial charge in [-0.1, -0.05) is 0 Å². The average Bonchev–Trinajstić information content (AvgIpc) is 2.66. The van der Waals surface area contributed by atoms with E-state index in [0.717, 1.165) is 6.08 Å². The van der Waals surface area contributed by atoms with Gasteiger partial charge in [0.2, 0.25) is 5.91 Å². The van der Waals surface area contributed by atoms with E-state index in [9.17, 15) is 40.7 Å². The van der Waals surface area contributed by atoms with Gasteiger partial charge in [-0.05, 0) is 56.3 Å². The number of anilines is 2. The summed E-state index contributed by atoms with van der Waals surface area (Å²) in [5, 5.41) is 4.34. The maximum Gasteiger partial charge on any atom is 0.416 e. The number of amides is 2. The zero-order chi connectivity index (χ0) is 24.3. The highest BCUT2D eigenvalue weighted by Gasteiger charge is 2.37. The lowest BCUT2D eigenvalue weighted by Gasteiger charge is -2.14. The smallest absolute Gasteiger partial charge is 0.322 e. The van der Waals surface area contributed by atoms with Crippen LogP contribution in [0, 0.1) is 0 Å². The summed E-state index contributed by atoms with van der Waals surface area (Å²) in [5.41, 5.74) is -3.36. The van der Waals surface area contributed by atoms with Crippen molar-refractivity contribution in [1.29, 1.82) is 0 Å². The maximum absolute atomic E-state index is 12.9. The predicted octanol–water partition coefficient (Wildman–Crippen LogP) is 5.45. The van der Waals surface area contributed by atoms with E-state index < -0.39 is 41.0 Å². The summed E-state index contributed by atoms with van der Waals surface area (Å²) >= 11 is 0. The van der Waals surface area contributed by atoms with Gasteiger partial charge in [-0.25, -0.2) is 0 Å². The van der Waals surface area contributed by atoms with E-state index >= 15 is 0 Å². The normalized spacial score (nSPS) is 12.3. The molecule has 0 unspecified atom stereocenters. The van der Waals surface area contributed by atoms with E-state index in [4.69, 9.17) is 0 Å². The van der Waals surface area contributed by atoms with Gasteiger partial charge in [-0.3, -0.25) is 14.4 Å². The Hall–Kier alpha value is -3.63. The van der Waals surface area contributed by atoms with Crippen LogP contribution in [0.2, 0.25) is 0 Å². The van der Waals surface area contributed by atoms with Gasteiger partial charge in [0, 0.05) is 28.6 Å². The van der Waals surface area contributed by atoms with Crippen LogP contribution in [0.5, 0.6) is 0 Å². The SMILES string of the molecule is CC(=O)c1ccc(NC(=O)/C(C)=C\C(=O)Nc2cc(C(F)(F)F)cc(C(F)(F)F)c2)cc1. The molecule has 2 aromatic rings. The topological polar surface area (TPSA) is 75.3 Å². The minimum atomic E-state index is -5.07. The highest BCUT2D eigenvalue weighted by Crippen LogP contribution is 2.37. The largest absolute Gasteiger partial charge is 0.416 e. The van der Waals surface area contributed by atoms with Crippen molar-refractivity contribution in [3.63, 3.8) is 0 Å². The summed E-state index contributed by atoms with van der Waals surface area (Å²) < 4.78 is 77.4. The van der Waals surface area contributed by atoms with Crippen LogP contribution >= 0.6 is 0 Å². The third kappa shape index (κ3) is 6.69. The number of hydrogen-bond acceptors (Lipinski definition) is 3. The molecule has 170 valence electrons. The Balaban J connectivity index is 2.17. The molecule has 0 bridgehead atoms. The van der Waals surface area contributed by atoms with Crippen LogP contribution in [-0.2, 0) is 21.9 Å². The van der Waals surface area contributed by atoms with E-state index in [-0.39, 0.29) is 17.4 Å². The zero-order valence-corrected chi connectivity index (χ0v) is 16.6. The van der Waals surface area contributed by atoms with E-state index in [0.29, 0.717) is 23.4 Å². The molecule has 2 N–H and O–H groups in total. The van der Waals surface area contributed by atoms with E-state index in [2.05, 4.69) is 5.32 Å². The molecule has 2 rings (SSSR count). The molecule has 32 heavy (non-hydrogen) atoms. The van der Waals surface area contributed by atoms with Crippen molar-refractivity contribution >= 4 is 29.0 Å². The molecule has 2 aromatic carbocycles. The van der Waals surface area contributed by atoms with Crippen molar-refractivity contribution < 1.29 is 40.7 Å². The molecule has 0 saturated heterocycles. The van der Waals surface area contributed by atoms with Crippen molar-refractivity contribution in [1.82, 2.24) is 0 Å². The van der Waals surface area contributed by atoms with Gasteiger partial charge < -0.3 is 10.6 Å². The van der Waals surface area contributed by atoms with Crippen molar-refractivity contribution in [2.45, 2.75) is 26.2 Å². The van der Waals surface area contributed by atoms with Crippen molar-refractivity contribution in [3.05, 3.63) is 70.8 Å². The lowest BCUT2D eigenvalue weighted by atomic mass is 10.1. The van der Waals surface area contributed by atoms with Crippen LogP contribution in [0.15, 0.2) is 54.1 Å². The van der Waals surface area contributed by atoms with Crippen molar-refractivity contribution in [2.24, 2.45) is 0 Å². The quantitative estimate of drug-likeness (QED) is 0.356. The molecule has 0 radical (unpaired) electrons. The van der Waals surface area contributed by atoms with Gasteiger partial charge >= 0.3 is 12.4 Å². The number of ketones is 1. The number of rotatable bonds is 5. The molecular formula is C21H16F6N2O3. The summed E-state index contributed by atoms with van der Waals surface area (Å²) in [6.45, 7) is 2.59. The molecule has 0 spiro atoms. The standard InChI is InChI=1S/C21H16F6N2O3/c1-11(19(32)29-16-5-3-13(4-6-16)12(2)30)7-18(31)28-17-9-14(20(22,23)24)8-15(10-17)21(25,26)27/h3-10H,1-2H3,(H,28,31)(H,29,32)/b11-7-. The number of carbonyl (C=O) groups excluding carboxylic acids is 3. The number of alkyl halides is 6. The summed E-state index contributed by atoms with van der Waals surface area (Å²) in [6.07, 6.45) is -9.40. The lowest BCUT2D eigenvalue weighted by molar-refractivity contribution is -0.143. The molecule has 0 fully saturated rings. The Kier molecular flexibility index (Phi) is 7.12. The number of benzene rings is 2. The Bertz CT molecular complexity index is 1040. The first-order valence-electron chi connectivity index (χ1n) is 8.88. The molecule has 5 nitrogen and oxygen atoms in total. The maximum atomic E-state index is 12.9. The van der Waals surface area contributed by atoms with Crippen LogP contribution in [0.25, 0.3) is 0 Å². The molecular weight excluding hydrogens is 442 g/mol. The fourth-order valence-corrected chi connectivity index (χ4v) is 2.49. The molecule has 0 atom stereocenters. The molecule has 0 heterocycles. The fourth-order valence-electron chi connectivity index (χ4n) is 2.49. The predicted molar refractivity (Wildman–Crippen MR) is 104 cm³/mol. The van der Waals surface area contributed by atoms with Crippen LogP contribution < -0.4 is 10.6 Å². The van der Waals surface area contributed by atoms with Crippen LogP contribution in [0.3, 0.4) is 0 Å². The molecule has 0 saturated carbocycles. The van der Waals surface area contributed by atoms with Gasteiger partial charge in [-0.2, -0.15) is 26.3 Å². The minimum absolute atomic E-state index is 0.0679. The molecule has 11 heteroatoms. The van der Waals surface area contributed by atoms with Crippen LogP contribution in [0.4, 0.5) is 37.7 Å². The van der Waals surface area contributed by atoms with E-state index in [1.165, 1.54) is 38.1 Å². The highest BCUT2D eigenvalue weighted by molar-refractivity contribution is 6.10. The van der Waals surface area contributed by atoms with Gasteiger partial charge in [0.25, 0.3) is 5.91 Å². The third-order valence-corrected chi connectivity index (χ3v) is 4.11. The Labute approximate surface area is 178 Å².